The van der Waals surface area contributed by atoms with Crippen LogP contribution in [-0.2, 0) is 26.9 Å². The summed E-state index contributed by atoms with van der Waals surface area (Å²) in [6.07, 6.45) is 0. The number of nitrogen functional groups attached to an aromatic ring is 1. The molecule has 0 unspecified atom stereocenters. The predicted octanol–water partition coefficient (Wildman–Crippen LogP) is 7.37. The number of carbonyl (C=O) groups excluding carboxylic acids is 1. The molecule has 0 fully saturated rings. The SMILES string of the molecule is CCS(=O)(=O)Oc1ccc2c(c1)C(C)(C)CO2.COc1c(Cl)ccc(-c2nc(C(=O)OCc3ccccc3)c(Cl)c(N)c2F)c1F. The summed E-state index contributed by atoms with van der Waals surface area (Å²) in [6, 6.07) is 16.5. The molecule has 2 heterocycles. The molecule has 0 aliphatic carbocycles. The molecular weight excluding hydrogens is 665 g/mol. The maximum absolute atomic E-state index is 14.7. The smallest absolute Gasteiger partial charge is 0.358 e. The zero-order valence-electron chi connectivity index (χ0n) is 25.2. The van der Waals surface area contributed by atoms with E-state index in [-0.39, 0.29) is 34.1 Å². The monoisotopic (exact) mass is 694 g/mol. The fourth-order valence-corrected chi connectivity index (χ4v) is 5.27. The summed E-state index contributed by atoms with van der Waals surface area (Å²) in [4.78, 5) is 16.3. The minimum Gasteiger partial charge on any atom is -0.492 e. The molecule has 3 aromatic carbocycles. The Morgan fingerprint density at radius 2 is 1.76 bits per heavy atom. The number of carbonyl (C=O) groups is 1. The molecule has 0 bridgehead atoms. The molecule has 2 N–H and O–H groups in total. The van der Waals surface area contributed by atoms with Crippen LogP contribution in [0.2, 0.25) is 10.0 Å². The molecule has 0 atom stereocenters. The van der Waals surface area contributed by atoms with E-state index in [0.717, 1.165) is 16.9 Å². The summed E-state index contributed by atoms with van der Waals surface area (Å²) < 4.78 is 72.7. The third-order valence-electron chi connectivity index (χ3n) is 6.87. The van der Waals surface area contributed by atoms with Crippen molar-refractivity contribution in [2.45, 2.75) is 32.8 Å². The van der Waals surface area contributed by atoms with Gasteiger partial charge in [-0.15, -0.1) is 0 Å². The number of anilines is 1. The van der Waals surface area contributed by atoms with Crippen molar-refractivity contribution in [1.29, 1.82) is 0 Å². The van der Waals surface area contributed by atoms with Crippen LogP contribution in [0.25, 0.3) is 11.3 Å². The van der Waals surface area contributed by atoms with Crippen LogP contribution in [0.15, 0.2) is 60.7 Å². The molecule has 244 valence electrons. The molecule has 14 heteroatoms. The number of esters is 1. The minimum atomic E-state index is -3.47. The molecule has 0 spiro atoms. The highest BCUT2D eigenvalue weighted by molar-refractivity contribution is 7.87. The van der Waals surface area contributed by atoms with Gasteiger partial charge in [-0.25, -0.2) is 18.6 Å². The van der Waals surface area contributed by atoms with Crippen LogP contribution in [0.5, 0.6) is 17.2 Å². The van der Waals surface area contributed by atoms with Gasteiger partial charge in [-0.1, -0.05) is 67.4 Å². The van der Waals surface area contributed by atoms with Gasteiger partial charge in [-0.3, -0.25) is 0 Å². The quantitative estimate of drug-likeness (QED) is 0.149. The van der Waals surface area contributed by atoms with Crippen molar-refractivity contribution in [3.63, 3.8) is 0 Å². The lowest BCUT2D eigenvalue weighted by Gasteiger charge is -2.15. The molecule has 1 aromatic heterocycles. The van der Waals surface area contributed by atoms with Gasteiger partial charge in [0, 0.05) is 16.5 Å². The number of fused-ring (bicyclic) bond motifs is 1. The van der Waals surface area contributed by atoms with Crippen molar-refractivity contribution in [1.82, 2.24) is 4.98 Å². The Hall–Kier alpha value is -4.13. The first-order valence-corrected chi connectivity index (χ1v) is 16.1. The van der Waals surface area contributed by atoms with E-state index >= 15 is 0 Å². The summed E-state index contributed by atoms with van der Waals surface area (Å²) in [5, 5.41) is -0.441. The van der Waals surface area contributed by atoms with Crippen LogP contribution in [0.1, 0.15) is 42.4 Å². The molecule has 46 heavy (non-hydrogen) atoms. The lowest BCUT2D eigenvalue weighted by atomic mass is 9.87. The number of pyridine rings is 1. The highest BCUT2D eigenvalue weighted by Crippen LogP contribution is 2.41. The number of benzene rings is 3. The van der Waals surface area contributed by atoms with Gasteiger partial charge in [0.1, 0.15) is 23.8 Å². The van der Waals surface area contributed by atoms with E-state index in [4.69, 9.17) is 47.3 Å². The predicted molar refractivity (Wildman–Crippen MR) is 171 cm³/mol. The standard InChI is InChI=1S/C20H14Cl2F2N2O3.C12H16O4S/c1-28-19-12(21)8-7-11(14(19)23)17-15(24)16(25)13(22)18(26-17)20(27)29-9-10-5-3-2-4-6-10;1-4-17(13,14)16-9-5-6-11-10(7-9)12(2,3)8-15-11/h2-8H,9H2,1H3,(H2,25,26);5-7H,4,8H2,1-3H3. The van der Waals surface area contributed by atoms with Crippen LogP contribution in [0, 0.1) is 11.6 Å². The second-order valence-electron chi connectivity index (χ2n) is 10.6. The molecule has 1 aliphatic heterocycles. The third kappa shape index (κ3) is 7.63. The van der Waals surface area contributed by atoms with Crippen LogP contribution in [0.3, 0.4) is 0 Å². The Morgan fingerprint density at radius 1 is 1.07 bits per heavy atom. The summed E-state index contributed by atoms with van der Waals surface area (Å²) in [5.41, 5.74) is 5.46. The molecule has 0 saturated heterocycles. The Balaban J connectivity index is 0.000000240. The van der Waals surface area contributed by atoms with Crippen LogP contribution >= 0.6 is 23.2 Å². The Kier molecular flexibility index (Phi) is 10.7. The van der Waals surface area contributed by atoms with Gasteiger partial charge >= 0.3 is 16.1 Å². The molecule has 1 aliphatic rings. The fraction of sp³-hybridized carbons (Fsp3) is 0.250. The fourth-order valence-electron chi connectivity index (χ4n) is 4.33. The number of aromatic nitrogens is 1. The first-order valence-electron chi connectivity index (χ1n) is 13.8. The molecule has 4 aromatic rings. The topological polar surface area (TPSA) is 127 Å². The van der Waals surface area contributed by atoms with Crippen LogP contribution in [-0.4, -0.2) is 38.8 Å². The van der Waals surface area contributed by atoms with E-state index in [0.29, 0.717) is 12.4 Å². The van der Waals surface area contributed by atoms with Crippen molar-refractivity contribution in [2.24, 2.45) is 0 Å². The average molecular weight is 696 g/mol. The number of hydrogen-bond acceptors (Lipinski definition) is 9. The number of nitrogens with zero attached hydrogens (tertiary/aromatic N) is 1. The zero-order chi connectivity index (χ0) is 33.8. The van der Waals surface area contributed by atoms with E-state index in [2.05, 4.69) is 18.8 Å². The van der Waals surface area contributed by atoms with Crippen LogP contribution in [0.4, 0.5) is 14.5 Å². The van der Waals surface area contributed by atoms with E-state index < -0.39 is 49.8 Å². The molecule has 0 saturated carbocycles. The Morgan fingerprint density at radius 3 is 2.41 bits per heavy atom. The number of ether oxygens (including phenoxy) is 3. The normalized spacial score (nSPS) is 13.1. The molecular formula is C32H30Cl2F2N2O7S. The van der Waals surface area contributed by atoms with E-state index in [1.807, 2.05) is 6.07 Å². The van der Waals surface area contributed by atoms with Crippen molar-refractivity contribution in [2.75, 3.05) is 25.2 Å². The average Bonchev–Trinajstić information content (AvgIpc) is 3.33. The molecule has 5 rings (SSSR count). The van der Waals surface area contributed by atoms with Gasteiger partial charge < -0.3 is 24.1 Å². The Labute approximate surface area is 275 Å². The lowest BCUT2D eigenvalue weighted by molar-refractivity contribution is 0.0466. The summed E-state index contributed by atoms with van der Waals surface area (Å²) in [5.74, 6) is -2.17. The first kappa shape index (κ1) is 34.7. The number of halogens is 4. The van der Waals surface area contributed by atoms with Gasteiger partial charge in [0.25, 0.3) is 0 Å². The Bertz CT molecular complexity index is 1870. The lowest BCUT2D eigenvalue weighted by Crippen LogP contribution is -2.18. The zero-order valence-corrected chi connectivity index (χ0v) is 27.5. The van der Waals surface area contributed by atoms with Crippen LogP contribution < -0.4 is 19.4 Å². The summed E-state index contributed by atoms with van der Waals surface area (Å²) >= 11 is 11.9. The van der Waals surface area contributed by atoms with Crippen molar-refractivity contribution < 1.29 is 40.4 Å². The largest absolute Gasteiger partial charge is 0.492 e. The first-order chi connectivity index (χ1) is 21.7. The van der Waals surface area contributed by atoms with E-state index in [9.17, 15) is 22.0 Å². The highest BCUT2D eigenvalue weighted by Gasteiger charge is 2.32. The van der Waals surface area contributed by atoms with E-state index in [1.165, 1.54) is 19.2 Å². The van der Waals surface area contributed by atoms with Crippen molar-refractivity contribution in [3.05, 3.63) is 99.2 Å². The van der Waals surface area contributed by atoms with Gasteiger partial charge in [0.15, 0.2) is 23.1 Å². The number of rotatable bonds is 8. The van der Waals surface area contributed by atoms with Gasteiger partial charge in [-0.05, 0) is 42.8 Å². The van der Waals surface area contributed by atoms with Gasteiger partial charge in [0.05, 0.1) is 35.2 Å². The number of hydrogen-bond donors (Lipinski definition) is 1. The number of nitrogens with two attached hydrogens (primary N) is 1. The summed E-state index contributed by atoms with van der Waals surface area (Å²) in [7, 11) is -2.26. The maximum atomic E-state index is 14.7. The molecule has 0 amide bonds. The maximum Gasteiger partial charge on any atom is 0.358 e. The van der Waals surface area contributed by atoms with Crippen molar-refractivity contribution >= 4 is 45.0 Å². The summed E-state index contributed by atoms with van der Waals surface area (Å²) in [6.45, 7) is 6.20. The van der Waals surface area contributed by atoms with Gasteiger partial charge in [-0.2, -0.15) is 8.42 Å². The van der Waals surface area contributed by atoms with Gasteiger partial charge in [0.2, 0.25) is 0 Å². The number of methoxy groups -OCH3 is 1. The second kappa shape index (κ2) is 14.1. The van der Waals surface area contributed by atoms with Crippen molar-refractivity contribution in [3.8, 4) is 28.5 Å². The third-order valence-corrected chi connectivity index (χ3v) is 8.71. The highest BCUT2D eigenvalue weighted by atomic mass is 35.5. The molecule has 0 radical (unpaired) electrons. The minimum absolute atomic E-state index is 0.0152. The molecule has 9 nitrogen and oxygen atoms in total. The van der Waals surface area contributed by atoms with E-state index in [1.54, 1.807) is 49.4 Å². The second-order valence-corrected chi connectivity index (χ2v) is 13.3.